The zero-order valence-electron chi connectivity index (χ0n) is 24.9. The van der Waals surface area contributed by atoms with Gasteiger partial charge >= 0.3 is 11.8 Å². The molecular formula is C28H32N6O11. The van der Waals surface area contributed by atoms with Crippen LogP contribution in [-0.2, 0) is 19.1 Å². The largest absolute Gasteiger partial charge is 0.504 e. The second-order valence-electron chi connectivity index (χ2n) is 10.7. The van der Waals surface area contributed by atoms with Crippen molar-refractivity contribution in [3.8, 4) is 29.1 Å². The number of amides is 4. The number of alkyl carbamates (subject to hydrolysis) is 1. The number of phenols is 1. The first kappa shape index (κ1) is 33.9. The number of nitro benzene ring substituents is 1. The van der Waals surface area contributed by atoms with Crippen LogP contribution in [0.2, 0.25) is 0 Å². The minimum atomic E-state index is -1.95. The van der Waals surface area contributed by atoms with E-state index in [4.69, 9.17) is 14.2 Å². The number of ether oxygens (including phenoxy) is 3. The van der Waals surface area contributed by atoms with E-state index in [0.717, 1.165) is 18.2 Å². The summed E-state index contributed by atoms with van der Waals surface area (Å²) in [5.74, 6) is -4.48. The number of rotatable bonds is 5. The van der Waals surface area contributed by atoms with Crippen molar-refractivity contribution in [3.05, 3.63) is 51.6 Å². The van der Waals surface area contributed by atoms with Gasteiger partial charge in [0.15, 0.2) is 11.5 Å². The molecule has 2 aromatic rings. The molecule has 2 aliphatic rings. The van der Waals surface area contributed by atoms with Gasteiger partial charge in [0.25, 0.3) is 0 Å². The summed E-state index contributed by atoms with van der Waals surface area (Å²) in [6, 6.07) is 2.12. The first-order valence-electron chi connectivity index (χ1n) is 13.3. The highest BCUT2D eigenvalue weighted by Crippen LogP contribution is 2.44. The van der Waals surface area contributed by atoms with Gasteiger partial charge in [-0.2, -0.15) is 5.26 Å². The quantitative estimate of drug-likeness (QED) is 0.203. The molecule has 45 heavy (non-hydrogen) atoms. The maximum Gasteiger partial charge on any atom is 0.408 e. The maximum absolute atomic E-state index is 13.5. The Morgan fingerprint density at radius 3 is 2.40 bits per heavy atom. The molecule has 0 saturated carbocycles. The molecule has 0 saturated heterocycles. The summed E-state index contributed by atoms with van der Waals surface area (Å²) in [4.78, 5) is 63.7. The number of methoxy groups -OCH3 is 1. The first-order chi connectivity index (χ1) is 21.1. The number of aromatic hydroxyl groups is 1. The van der Waals surface area contributed by atoms with Crippen molar-refractivity contribution in [1.29, 1.82) is 5.26 Å². The molecule has 0 aliphatic carbocycles. The molecule has 4 atom stereocenters. The molecule has 4 amide bonds. The highest BCUT2D eigenvalue weighted by molar-refractivity contribution is 5.94. The number of likely N-dealkylation sites (N-methyl/N-ethyl adjacent to an activating group) is 1. The number of aliphatic hydroxyl groups excluding tert-OH is 1. The number of nitriles is 1. The zero-order chi connectivity index (χ0) is 33.6. The van der Waals surface area contributed by atoms with Gasteiger partial charge in [-0.25, -0.2) is 4.79 Å². The van der Waals surface area contributed by atoms with E-state index in [1.165, 1.54) is 26.3 Å². The Labute approximate surface area is 256 Å². The lowest BCUT2D eigenvalue weighted by Gasteiger charge is -2.28. The third-order valence-corrected chi connectivity index (χ3v) is 6.33. The van der Waals surface area contributed by atoms with E-state index in [9.17, 15) is 44.8 Å². The minimum absolute atomic E-state index is 0.0655. The average Bonchev–Trinajstić information content (AvgIpc) is 2.96. The Balaban J connectivity index is 2.28. The second kappa shape index (κ2) is 13.8. The number of fused-ring (bicyclic) bond motifs is 9. The summed E-state index contributed by atoms with van der Waals surface area (Å²) >= 11 is 0. The van der Waals surface area contributed by atoms with Gasteiger partial charge in [0.05, 0.1) is 24.5 Å². The fraction of sp³-hybridized carbons (Fsp3) is 0.393. The molecule has 4 bridgehead atoms. The van der Waals surface area contributed by atoms with Crippen LogP contribution in [0.15, 0.2) is 30.3 Å². The topological polar surface area (TPSA) is 251 Å². The Kier molecular flexibility index (Phi) is 10.4. The number of hydrogen-bond acceptors (Lipinski definition) is 12. The SMILES string of the molecule is CNC(=O)[C@@H]1NC(=O)[C@H](CC#N)NC(=O)[C@H](NC(=O)OC(C)(C)C)[C@H](O)c2ccc(c([N+](=O)[O-])c2)Oc2cc1cc(O)c2OC. The van der Waals surface area contributed by atoms with Crippen LogP contribution in [0.3, 0.4) is 0 Å². The number of phenolic OH excluding ortho intramolecular Hbond substituents is 1. The van der Waals surface area contributed by atoms with E-state index >= 15 is 0 Å². The summed E-state index contributed by atoms with van der Waals surface area (Å²) in [7, 11) is 2.45. The molecule has 2 heterocycles. The van der Waals surface area contributed by atoms with Crippen molar-refractivity contribution >= 4 is 29.5 Å². The summed E-state index contributed by atoms with van der Waals surface area (Å²) < 4.78 is 16.1. The lowest BCUT2D eigenvalue weighted by atomic mass is 9.99. The molecule has 2 aromatic carbocycles. The van der Waals surface area contributed by atoms with Gasteiger partial charge < -0.3 is 45.7 Å². The van der Waals surface area contributed by atoms with E-state index in [2.05, 4.69) is 21.3 Å². The molecule has 0 unspecified atom stereocenters. The Hall–Kier alpha value is -5.63. The van der Waals surface area contributed by atoms with Crippen molar-refractivity contribution in [2.75, 3.05) is 14.2 Å². The minimum Gasteiger partial charge on any atom is -0.504 e. The van der Waals surface area contributed by atoms with Crippen LogP contribution in [0.4, 0.5) is 10.5 Å². The Morgan fingerprint density at radius 1 is 1.13 bits per heavy atom. The molecule has 2 aliphatic heterocycles. The number of carbonyl (C=O) groups is 4. The Bertz CT molecular complexity index is 1550. The van der Waals surface area contributed by atoms with Crippen LogP contribution in [0, 0.1) is 21.4 Å². The fourth-order valence-corrected chi connectivity index (χ4v) is 4.29. The van der Waals surface area contributed by atoms with Crippen LogP contribution in [0.5, 0.6) is 23.0 Å². The molecule has 6 N–H and O–H groups in total. The smallest absolute Gasteiger partial charge is 0.408 e. The fourth-order valence-electron chi connectivity index (χ4n) is 4.29. The van der Waals surface area contributed by atoms with Crippen molar-refractivity contribution in [3.63, 3.8) is 0 Å². The molecule has 4 rings (SSSR count). The molecule has 240 valence electrons. The molecular weight excluding hydrogens is 596 g/mol. The third kappa shape index (κ3) is 8.06. The predicted molar refractivity (Wildman–Crippen MR) is 153 cm³/mol. The van der Waals surface area contributed by atoms with Crippen molar-refractivity contribution < 1.29 is 48.5 Å². The van der Waals surface area contributed by atoms with E-state index in [-0.39, 0.29) is 22.6 Å². The number of nitrogens with one attached hydrogen (secondary N) is 4. The highest BCUT2D eigenvalue weighted by atomic mass is 16.6. The molecule has 17 nitrogen and oxygen atoms in total. The monoisotopic (exact) mass is 628 g/mol. The molecule has 0 aromatic heterocycles. The molecule has 17 heteroatoms. The van der Waals surface area contributed by atoms with Crippen molar-refractivity contribution in [1.82, 2.24) is 21.3 Å². The highest BCUT2D eigenvalue weighted by Gasteiger charge is 2.37. The standard InChI is InChI=1S/C28H32N6O11/c1-28(2,3)45-27(40)33-21-22(36)13-6-7-18(16(10-13)34(41)42)44-19-12-14(11-17(35)23(19)43-5)20(25(38)30-4)32-24(37)15(8-9-29)31-26(21)39/h6-7,10-12,15,20-22,35-36H,8H2,1-5H3,(H,30,38)(H,31,39)(H,32,37)(H,33,40)/t15-,20+,21+,22+/m0/s1. The molecule has 0 spiro atoms. The summed E-state index contributed by atoms with van der Waals surface area (Å²) in [6.07, 6.45) is -3.71. The van der Waals surface area contributed by atoms with Gasteiger partial charge in [-0.15, -0.1) is 0 Å². The lowest BCUT2D eigenvalue weighted by Crippen LogP contribution is -2.56. The van der Waals surface area contributed by atoms with Crippen LogP contribution >= 0.6 is 0 Å². The van der Waals surface area contributed by atoms with Gasteiger partial charge in [-0.05, 0) is 50.1 Å². The predicted octanol–water partition coefficient (Wildman–Crippen LogP) is 1.34. The number of nitrogens with zero attached hydrogens (tertiary/aromatic N) is 2. The van der Waals surface area contributed by atoms with E-state index in [1.807, 2.05) is 0 Å². The number of hydrogen-bond donors (Lipinski definition) is 6. The van der Waals surface area contributed by atoms with Crippen LogP contribution in [-0.4, -0.2) is 70.8 Å². The third-order valence-electron chi connectivity index (χ3n) is 6.33. The number of carbonyl (C=O) groups excluding carboxylic acids is 4. The zero-order valence-corrected chi connectivity index (χ0v) is 24.9. The van der Waals surface area contributed by atoms with E-state index < -0.39 is 82.2 Å². The molecule has 0 fully saturated rings. The number of aliphatic hydroxyl groups is 1. The van der Waals surface area contributed by atoms with Gasteiger partial charge in [0.1, 0.15) is 29.8 Å². The van der Waals surface area contributed by atoms with Gasteiger partial charge in [0, 0.05) is 13.1 Å². The van der Waals surface area contributed by atoms with E-state index in [1.54, 1.807) is 26.8 Å². The summed E-state index contributed by atoms with van der Waals surface area (Å²) in [6.45, 7) is 4.64. The molecule has 0 radical (unpaired) electrons. The number of benzene rings is 2. The van der Waals surface area contributed by atoms with Crippen molar-refractivity contribution in [2.24, 2.45) is 0 Å². The first-order valence-corrected chi connectivity index (χ1v) is 13.3. The van der Waals surface area contributed by atoms with E-state index in [0.29, 0.717) is 0 Å². The van der Waals surface area contributed by atoms with Crippen LogP contribution in [0.1, 0.15) is 50.5 Å². The summed E-state index contributed by atoms with van der Waals surface area (Å²) in [5, 5.41) is 52.6. The van der Waals surface area contributed by atoms with Gasteiger partial charge in [-0.1, -0.05) is 6.07 Å². The summed E-state index contributed by atoms with van der Waals surface area (Å²) in [5.41, 5.74) is -2.00. The normalized spacial score (nSPS) is 20.0. The Morgan fingerprint density at radius 2 is 1.82 bits per heavy atom. The van der Waals surface area contributed by atoms with Gasteiger partial charge in [0.2, 0.25) is 29.2 Å². The second-order valence-corrected chi connectivity index (χ2v) is 10.7. The number of nitro groups is 1. The lowest BCUT2D eigenvalue weighted by molar-refractivity contribution is -0.385. The average molecular weight is 629 g/mol. The van der Waals surface area contributed by atoms with Crippen LogP contribution < -0.4 is 30.7 Å². The van der Waals surface area contributed by atoms with Gasteiger partial charge in [-0.3, -0.25) is 24.5 Å². The maximum atomic E-state index is 13.5. The van der Waals surface area contributed by atoms with Crippen LogP contribution in [0.25, 0.3) is 0 Å². The van der Waals surface area contributed by atoms with Crippen molar-refractivity contribution in [2.45, 2.75) is 57.0 Å².